The van der Waals surface area contributed by atoms with Crippen molar-refractivity contribution in [3.63, 3.8) is 0 Å². The Balaban J connectivity index is 2.07. The van der Waals surface area contributed by atoms with Crippen LogP contribution in [0, 0.1) is 0 Å². The molecule has 1 heterocycles. The van der Waals surface area contributed by atoms with Crippen LogP contribution in [0.5, 0.6) is 0 Å². The van der Waals surface area contributed by atoms with Crippen molar-refractivity contribution >= 4 is 11.8 Å². The lowest BCUT2D eigenvalue weighted by Crippen LogP contribution is -2.67. The molecule has 1 aliphatic rings. The Labute approximate surface area is 160 Å². The monoisotopic (exact) mass is 366 g/mol. The molecule has 0 bridgehead atoms. The zero-order chi connectivity index (χ0) is 19.5. The molecule has 27 heavy (non-hydrogen) atoms. The Kier molecular flexibility index (Phi) is 5.33. The van der Waals surface area contributed by atoms with Gasteiger partial charge in [-0.25, -0.2) is 0 Å². The predicted octanol–water partition coefficient (Wildman–Crippen LogP) is 2.59. The average molecular weight is 366 g/mol. The number of hydrogen-bond acceptors (Lipinski definition) is 3. The molecule has 1 saturated heterocycles. The van der Waals surface area contributed by atoms with E-state index in [0.717, 1.165) is 11.1 Å². The Hall–Kier alpha value is -2.66. The maximum absolute atomic E-state index is 13.5. The first kappa shape index (κ1) is 19.1. The van der Waals surface area contributed by atoms with Crippen LogP contribution in [0.3, 0.4) is 0 Å². The SMILES string of the molecule is CC(=O)N[C@]1(C)CC[C@@](CO)(c2ccccc2)N(Cc2ccccc2)C1=O. The molecule has 1 fully saturated rings. The van der Waals surface area contributed by atoms with Gasteiger partial charge in [0.2, 0.25) is 11.8 Å². The third-order valence-electron chi connectivity index (χ3n) is 5.48. The van der Waals surface area contributed by atoms with Gasteiger partial charge in [0.15, 0.2) is 0 Å². The van der Waals surface area contributed by atoms with E-state index in [0.29, 0.717) is 19.4 Å². The van der Waals surface area contributed by atoms with Gasteiger partial charge in [0.25, 0.3) is 0 Å². The van der Waals surface area contributed by atoms with Crippen molar-refractivity contribution < 1.29 is 14.7 Å². The number of hydrogen-bond donors (Lipinski definition) is 2. The number of aliphatic hydroxyl groups is 1. The van der Waals surface area contributed by atoms with E-state index in [-0.39, 0.29) is 18.4 Å². The Morgan fingerprint density at radius 1 is 1.07 bits per heavy atom. The van der Waals surface area contributed by atoms with E-state index < -0.39 is 11.1 Å². The maximum atomic E-state index is 13.5. The van der Waals surface area contributed by atoms with Gasteiger partial charge in [-0.2, -0.15) is 0 Å². The van der Waals surface area contributed by atoms with Gasteiger partial charge in [0.05, 0.1) is 12.1 Å². The number of piperidine rings is 1. The standard InChI is InChI=1S/C22H26N2O3/c1-17(26)23-21(2)13-14-22(16-25,19-11-7-4-8-12-19)24(20(21)27)15-18-9-5-3-6-10-18/h3-12,25H,13-16H2,1-2H3,(H,23,26)/t21-,22-/m1/s1. The molecular weight excluding hydrogens is 340 g/mol. The molecule has 5 heteroatoms. The molecular formula is C22H26N2O3. The Morgan fingerprint density at radius 2 is 1.67 bits per heavy atom. The second-order valence-corrected chi connectivity index (χ2v) is 7.45. The lowest BCUT2D eigenvalue weighted by Gasteiger charge is -2.52. The first-order valence-electron chi connectivity index (χ1n) is 9.22. The molecule has 1 aliphatic heterocycles. The maximum Gasteiger partial charge on any atom is 0.249 e. The third-order valence-corrected chi connectivity index (χ3v) is 5.48. The molecule has 0 spiro atoms. The number of carbonyl (C=O) groups excluding carboxylic acids is 2. The van der Waals surface area contributed by atoms with Crippen LogP contribution in [0.2, 0.25) is 0 Å². The summed E-state index contributed by atoms with van der Waals surface area (Å²) in [5.41, 5.74) is 0.0913. The van der Waals surface area contributed by atoms with Crippen molar-refractivity contribution in [3.05, 3.63) is 71.8 Å². The van der Waals surface area contributed by atoms with Crippen molar-refractivity contribution in [2.24, 2.45) is 0 Å². The van der Waals surface area contributed by atoms with Crippen LogP contribution < -0.4 is 5.32 Å². The van der Waals surface area contributed by atoms with Crippen molar-refractivity contribution in [1.82, 2.24) is 10.2 Å². The van der Waals surface area contributed by atoms with Crippen molar-refractivity contribution in [1.29, 1.82) is 0 Å². The third kappa shape index (κ3) is 3.60. The summed E-state index contributed by atoms with van der Waals surface area (Å²) in [5.74, 6) is -0.410. The van der Waals surface area contributed by atoms with Crippen LogP contribution in [0.25, 0.3) is 0 Å². The molecule has 142 valence electrons. The highest BCUT2D eigenvalue weighted by Gasteiger charge is 2.52. The normalized spacial score (nSPS) is 25.3. The van der Waals surface area contributed by atoms with E-state index in [1.165, 1.54) is 6.92 Å². The predicted molar refractivity (Wildman–Crippen MR) is 104 cm³/mol. The van der Waals surface area contributed by atoms with Gasteiger partial charge in [0.1, 0.15) is 5.54 Å². The van der Waals surface area contributed by atoms with Crippen molar-refractivity contribution in [2.75, 3.05) is 6.61 Å². The molecule has 3 rings (SSSR count). The minimum absolute atomic E-state index is 0.175. The van der Waals surface area contributed by atoms with E-state index in [9.17, 15) is 14.7 Å². The van der Waals surface area contributed by atoms with Gasteiger partial charge < -0.3 is 15.3 Å². The molecule has 2 aromatic carbocycles. The second-order valence-electron chi connectivity index (χ2n) is 7.45. The quantitative estimate of drug-likeness (QED) is 0.855. The van der Waals surface area contributed by atoms with E-state index in [4.69, 9.17) is 0 Å². The van der Waals surface area contributed by atoms with Gasteiger partial charge in [-0.1, -0.05) is 60.7 Å². The largest absolute Gasteiger partial charge is 0.394 e. The number of likely N-dealkylation sites (tertiary alicyclic amines) is 1. The molecule has 0 unspecified atom stereocenters. The smallest absolute Gasteiger partial charge is 0.249 e. The summed E-state index contributed by atoms with van der Waals surface area (Å²) in [5, 5.41) is 13.3. The average Bonchev–Trinajstić information content (AvgIpc) is 2.67. The van der Waals surface area contributed by atoms with Crippen LogP contribution >= 0.6 is 0 Å². The fourth-order valence-electron chi connectivity index (χ4n) is 3.99. The lowest BCUT2D eigenvalue weighted by molar-refractivity contribution is -0.158. The Morgan fingerprint density at radius 3 is 2.22 bits per heavy atom. The highest BCUT2D eigenvalue weighted by atomic mass is 16.3. The number of aliphatic hydroxyl groups excluding tert-OH is 1. The number of rotatable bonds is 5. The Bertz CT molecular complexity index is 809. The molecule has 2 atom stereocenters. The van der Waals surface area contributed by atoms with Gasteiger partial charge in [-0.3, -0.25) is 9.59 Å². The summed E-state index contributed by atoms with van der Waals surface area (Å²) in [6, 6.07) is 19.4. The van der Waals surface area contributed by atoms with E-state index in [2.05, 4.69) is 5.32 Å². The molecule has 5 nitrogen and oxygen atoms in total. The van der Waals surface area contributed by atoms with Gasteiger partial charge in [0, 0.05) is 13.5 Å². The molecule has 0 saturated carbocycles. The molecule has 0 aliphatic carbocycles. The van der Waals surface area contributed by atoms with Crippen LogP contribution in [0.4, 0.5) is 0 Å². The lowest BCUT2D eigenvalue weighted by atomic mass is 9.74. The number of carbonyl (C=O) groups is 2. The zero-order valence-electron chi connectivity index (χ0n) is 15.8. The first-order chi connectivity index (χ1) is 12.9. The van der Waals surface area contributed by atoms with E-state index in [1.54, 1.807) is 11.8 Å². The van der Waals surface area contributed by atoms with Crippen LogP contribution in [-0.2, 0) is 21.7 Å². The summed E-state index contributed by atoms with van der Waals surface area (Å²) in [4.78, 5) is 27.0. The van der Waals surface area contributed by atoms with Gasteiger partial charge in [-0.05, 0) is 30.9 Å². The van der Waals surface area contributed by atoms with E-state index in [1.807, 2.05) is 60.7 Å². The second kappa shape index (κ2) is 7.53. The van der Waals surface area contributed by atoms with Crippen molar-refractivity contribution in [2.45, 2.75) is 44.3 Å². The minimum Gasteiger partial charge on any atom is -0.394 e. The van der Waals surface area contributed by atoms with Crippen molar-refractivity contribution in [3.8, 4) is 0 Å². The van der Waals surface area contributed by atoms with Crippen LogP contribution in [0.1, 0.15) is 37.8 Å². The first-order valence-corrected chi connectivity index (χ1v) is 9.22. The van der Waals surface area contributed by atoms with Crippen LogP contribution in [0.15, 0.2) is 60.7 Å². The number of nitrogens with one attached hydrogen (secondary N) is 1. The summed E-state index contributed by atoms with van der Waals surface area (Å²) in [6.07, 6.45) is 1.02. The van der Waals surface area contributed by atoms with Gasteiger partial charge in [-0.15, -0.1) is 0 Å². The topological polar surface area (TPSA) is 69.6 Å². The number of benzene rings is 2. The molecule has 2 aromatic rings. The number of amides is 2. The minimum atomic E-state index is -0.978. The fourth-order valence-corrected chi connectivity index (χ4v) is 3.99. The molecule has 0 radical (unpaired) electrons. The molecule has 2 amide bonds. The fraction of sp³-hybridized carbons (Fsp3) is 0.364. The summed E-state index contributed by atoms with van der Waals surface area (Å²) in [6.45, 7) is 3.38. The highest BCUT2D eigenvalue weighted by molar-refractivity contribution is 5.92. The van der Waals surface area contributed by atoms with Crippen LogP contribution in [-0.4, -0.2) is 34.0 Å². The van der Waals surface area contributed by atoms with Gasteiger partial charge >= 0.3 is 0 Å². The highest BCUT2D eigenvalue weighted by Crippen LogP contribution is 2.42. The van der Waals surface area contributed by atoms with E-state index >= 15 is 0 Å². The zero-order valence-corrected chi connectivity index (χ0v) is 15.8. The summed E-state index contributed by atoms with van der Waals surface area (Å²) < 4.78 is 0. The summed E-state index contributed by atoms with van der Waals surface area (Å²) in [7, 11) is 0. The molecule has 0 aromatic heterocycles. The number of nitrogens with zero attached hydrogens (tertiary/aromatic N) is 1. The molecule has 2 N–H and O–H groups in total. The summed E-state index contributed by atoms with van der Waals surface area (Å²) >= 11 is 0.